The van der Waals surface area contributed by atoms with Gasteiger partial charge in [0.1, 0.15) is 12.1 Å². The van der Waals surface area contributed by atoms with Crippen molar-refractivity contribution in [1.82, 2.24) is 15.5 Å². The summed E-state index contributed by atoms with van der Waals surface area (Å²) < 4.78 is 5.63. The number of carbonyl (C=O) groups is 3. The van der Waals surface area contributed by atoms with Crippen LogP contribution >= 0.6 is 15.9 Å². The number of hydrogen-bond donors (Lipinski definition) is 2. The van der Waals surface area contributed by atoms with E-state index < -0.39 is 23.4 Å². The van der Waals surface area contributed by atoms with E-state index in [9.17, 15) is 14.4 Å². The minimum atomic E-state index is -1.19. The third kappa shape index (κ3) is 3.70. The number of imide groups is 1. The minimum Gasteiger partial charge on any atom is -0.383 e. The Hall–Kier alpha value is -1.93. The zero-order valence-corrected chi connectivity index (χ0v) is 14.5. The van der Waals surface area contributed by atoms with Crippen LogP contribution < -0.4 is 10.6 Å². The van der Waals surface area contributed by atoms with Crippen molar-refractivity contribution in [1.29, 1.82) is 0 Å². The molecule has 1 aliphatic rings. The maximum atomic E-state index is 12.6. The first kappa shape index (κ1) is 17.4. The molecule has 0 saturated carbocycles. The number of carbonyl (C=O) groups excluding carboxylic acids is 3. The number of urea groups is 1. The first-order valence-corrected chi connectivity index (χ1v) is 7.83. The van der Waals surface area contributed by atoms with Gasteiger partial charge in [0.2, 0.25) is 5.91 Å². The quantitative estimate of drug-likeness (QED) is 0.566. The van der Waals surface area contributed by atoms with Gasteiger partial charge in [-0.05, 0) is 24.6 Å². The summed E-state index contributed by atoms with van der Waals surface area (Å²) in [4.78, 5) is 37.5. The van der Waals surface area contributed by atoms with Crippen molar-refractivity contribution in [3.05, 3.63) is 34.3 Å². The lowest BCUT2D eigenvalue weighted by Gasteiger charge is -2.22. The normalized spacial score (nSPS) is 20.6. The summed E-state index contributed by atoms with van der Waals surface area (Å²) in [5.41, 5.74) is -0.541. The summed E-state index contributed by atoms with van der Waals surface area (Å²) in [6, 6.07) is 6.55. The van der Waals surface area contributed by atoms with Gasteiger partial charge >= 0.3 is 6.03 Å². The molecule has 0 radical (unpaired) electrons. The standard InChI is InChI=1S/C15H18BrN3O4/c1-15(10-4-3-5-11(16)8-10)13(21)19(14(22)18-15)9-12(20)17-6-7-23-2/h3-5,8H,6-7,9H2,1-2H3,(H,17,20)(H,18,22)/t15-/m1/s1. The van der Waals surface area contributed by atoms with Crippen LogP contribution in [0.25, 0.3) is 0 Å². The van der Waals surface area contributed by atoms with Gasteiger partial charge in [-0.3, -0.25) is 14.5 Å². The molecule has 2 N–H and O–H groups in total. The molecule has 7 nitrogen and oxygen atoms in total. The number of benzene rings is 1. The molecule has 1 aliphatic heterocycles. The van der Waals surface area contributed by atoms with E-state index in [1.807, 2.05) is 6.07 Å². The maximum absolute atomic E-state index is 12.6. The minimum absolute atomic E-state index is 0.321. The molecule has 1 saturated heterocycles. The van der Waals surface area contributed by atoms with E-state index in [0.717, 1.165) is 9.37 Å². The molecule has 1 aromatic carbocycles. The van der Waals surface area contributed by atoms with Gasteiger partial charge in [-0.2, -0.15) is 0 Å². The summed E-state index contributed by atoms with van der Waals surface area (Å²) in [6.45, 7) is 1.99. The lowest BCUT2D eigenvalue weighted by Crippen LogP contribution is -2.43. The fourth-order valence-corrected chi connectivity index (χ4v) is 2.73. The Kier molecular flexibility index (Phi) is 5.38. The van der Waals surface area contributed by atoms with Gasteiger partial charge < -0.3 is 15.4 Å². The average Bonchev–Trinajstić information content (AvgIpc) is 2.72. The van der Waals surface area contributed by atoms with E-state index >= 15 is 0 Å². The molecule has 1 heterocycles. The van der Waals surface area contributed by atoms with Crippen molar-refractivity contribution >= 4 is 33.8 Å². The van der Waals surface area contributed by atoms with Gasteiger partial charge in [0.25, 0.3) is 5.91 Å². The molecule has 0 spiro atoms. The fourth-order valence-electron chi connectivity index (χ4n) is 2.33. The third-order valence-corrected chi connectivity index (χ3v) is 4.10. The molecule has 1 atom stereocenters. The van der Waals surface area contributed by atoms with Crippen molar-refractivity contribution < 1.29 is 19.1 Å². The zero-order valence-electron chi connectivity index (χ0n) is 12.9. The van der Waals surface area contributed by atoms with E-state index in [-0.39, 0.29) is 6.54 Å². The highest BCUT2D eigenvalue weighted by Gasteiger charge is 2.49. The molecule has 0 bridgehead atoms. The molecule has 23 heavy (non-hydrogen) atoms. The maximum Gasteiger partial charge on any atom is 0.325 e. The van der Waals surface area contributed by atoms with E-state index in [2.05, 4.69) is 26.6 Å². The van der Waals surface area contributed by atoms with Crippen LogP contribution in [-0.4, -0.2) is 49.6 Å². The van der Waals surface area contributed by atoms with Crippen LogP contribution in [0.1, 0.15) is 12.5 Å². The highest BCUT2D eigenvalue weighted by Crippen LogP contribution is 2.30. The monoisotopic (exact) mass is 383 g/mol. The number of methoxy groups -OCH3 is 1. The molecular formula is C15H18BrN3O4. The van der Waals surface area contributed by atoms with Crippen LogP contribution in [0.5, 0.6) is 0 Å². The number of amides is 4. The molecule has 8 heteroatoms. The van der Waals surface area contributed by atoms with Crippen molar-refractivity contribution in [3.63, 3.8) is 0 Å². The highest BCUT2D eigenvalue weighted by molar-refractivity contribution is 9.10. The third-order valence-electron chi connectivity index (χ3n) is 3.61. The predicted molar refractivity (Wildman–Crippen MR) is 86.6 cm³/mol. The number of halogens is 1. The van der Waals surface area contributed by atoms with Crippen molar-refractivity contribution in [3.8, 4) is 0 Å². The van der Waals surface area contributed by atoms with Crippen LogP contribution in [0.3, 0.4) is 0 Å². The zero-order chi connectivity index (χ0) is 17.0. The second-order valence-electron chi connectivity index (χ2n) is 5.30. The van der Waals surface area contributed by atoms with Gasteiger partial charge in [-0.25, -0.2) is 4.79 Å². The summed E-state index contributed by atoms with van der Waals surface area (Å²) in [6.07, 6.45) is 0. The summed E-state index contributed by atoms with van der Waals surface area (Å²) in [5.74, 6) is -0.869. The van der Waals surface area contributed by atoms with Crippen LogP contribution in [0.15, 0.2) is 28.7 Å². The van der Waals surface area contributed by atoms with E-state index in [1.165, 1.54) is 7.11 Å². The average molecular weight is 384 g/mol. The van der Waals surface area contributed by atoms with E-state index in [0.29, 0.717) is 18.7 Å². The number of ether oxygens (including phenoxy) is 1. The molecule has 0 aliphatic carbocycles. The highest BCUT2D eigenvalue weighted by atomic mass is 79.9. The number of rotatable bonds is 6. The van der Waals surface area contributed by atoms with E-state index in [1.54, 1.807) is 25.1 Å². The van der Waals surface area contributed by atoms with Gasteiger partial charge in [0.15, 0.2) is 0 Å². The second-order valence-corrected chi connectivity index (χ2v) is 6.22. The van der Waals surface area contributed by atoms with Gasteiger partial charge in [-0.1, -0.05) is 28.1 Å². The van der Waals surface area contributed by atoms with Crippen LogP contribution in [0.2, 0.25) is 0 Å². The first-order chi connectivity index (χ1) is 10.9. The Morgan fingerprint density at radius 2 is 2.17 bits per heavy atom. The second kappa shape index (κ2) is 7.10. The summed E-state index contributed by atoms with van der Waals surface area (Å²) in [7, 11) is 1.52. The Morgan fingerprint density at radius 1 is 1.43 bits per heavy atom. The van der Waals surface area contributed by atoms with Crippen molar-refractivity contribution in [2.75, 3.05) is 26.8 Å². The molecule has 0 aromatic heterocycles. The molecule has 4 amide bonds. The molecule has 1 fully saturated rings. The van der Waals surface area contributed by atoms with Crippen molar-refractivity contribution in [2.24, 2.45) is 0 Å². The Labute approximate surface area is 142 Å². The summed E-state index contributed by atoms with van der Waals surface area (Å²) >= 11 is 3.35. The first-order valence-electron chi connectivity index (χ1n) is 7.04. The Morgan fingerprint density at radius 3 is 2.83 bits per heavy atom. The van der Waals surface area contributed by atoms with Gasteiger partial charge in [-0.15, -0.1) is 0 Å². The lowest BCUT2D eigenvalue weighted by atomic mass is 9.92. The Balaban J connectivity index is 2.12. The number of nitrogens with zero attached hydrogens (tertiary/aromatic N) is 1. The van der Waals surface area contributed by atoms with Crippen LogP contribution in [0, 0.1) is 0 Å². The Bertz CT molecular complexity index is 637. The predicted octanol–water partition coefficient (Wildman–Crippen LogP) is 0.979. The SMILES string of the molecule is COCCNC(=O)CN1C(=O)N[C@](C)(c2cccc(Br)c2)C1=O. The molecule has 2 rings (SSSR count). The van der Waals surface area contributed by atoms with Crippen molar-refractivity contribution in [2.45, 2.75) is 12.5 Å². The molecular weight excluding hydrogens is 366 g/mol. The van der Waals surface area contributed by atoms with E-state index in [4.69, 9.17) is 4.74 Å². The van der Waals surface area contributed by atoms with Crippen LogP contribution in [-0.2, 0) is 19.9 Å². The van der Waals surface area contributed by atoms with Crippen LogP contribution in [0.4, 0.5) is 4.79 Å². The lowest BCUT2D eigenvalue weighted by molar-refractivity contribution is -0.134. The largest absolute Gasteiger partial charge is 0.383 e. The molecule has 0 unspecified atom stereocenters. The molecule has 124 valence electrons. The smallest absolute Gasteiger partial charge is 0.325 e. The summed E-state index contributed by atoms with van der Waals surface area (Å²) in [5, 5.41) is 5.24. The molecule has 1 aromatic rings. The fraction of sp³-hybridized carbons (Fsp3) is 0.400. The number of nitrogens with one attached hydrogen (secondary N) is 2. The number of hydrogen-bond acceptors (Lipinski definition) is 4. The van der Waals surface area contributed by atoms with Gasteiger partial charge in [0, 0.05) is 18.1 Å². The van der Waals surface area contributed by atoms with Gasteiger partial charge in [0.05, 0.1) is 6.61 Å². The topological polar surface area (TPSA) is 87.7 Å².